The van der Waals surface area contributed by atoms with Gasteiger partial charge in [0.1, 0.15) is 5.88 Å². The zero-order valence-electron chi connectivity index (χ0n) is 10.1. The summed E-state index contributed by atoms with van der Waals surface area (Å²) < 4.78 is 0. The van der Waals surface area contributed by atoms with E-state index in [-0.39, 0.29) is 5.88 Å². The zero-order valence-corrected chi connectivity index (χ0v) is 10.8. The molecule has 0 aliphatic heterocycles. The maximum absolute atomic E-state index is 11.6. The fourth-order valence-corrected chi connectivity index (χ4v) is 1.95. The quantitative estimate of drug-likeness (QED) is 0.597. The van der Waals surface area contributed by atoms with E-state index in [1.165, 1.54) is 0 Å². The van der Waals surface area contributed by atoms with E-state index in [1.807, 2.05) is 32.0 Å². The van der Waals surface area contributed by atoms with Gasteiger partial charge >= 0.3 is 0 Å². The van der Waals surface area contributed by atoms with Gasteiger partial charge in [0.05, 0.1) is 5.69 Å². The molecule has 2 amide bonds. The maximum atomic E-state index is 11.6. The monoisotopic (exact) mass is 253 g/mol. The number of benzene rings is 1. The highest BCUT2D eigenvalue weighted by atomic mass is 35.5. The number of aryl methyl sites for hydroxylation is 2. The molecule has 1 aromatic carbocycles. The second-order valence-corrected chi connectivity index (χ2v) is 3.90. The van der Waals surface area contributed by atoms with E-state index in [0.29, 0.717) is 12.1 Å². The average molecular weight is 254 g/mol. The van der Waals surface area contributed by atoms with Crippen molar-refractivity contribution in [3.05, 3.63) is 29.3 Å². The lowest BCUT2D eigenvalue weighted by atomic mass is 10.0. The molecule has 0 radical (unpaired) electrons. The third kappa shape index (κ3) is 2.86. The van der Waals surface area contributed by atoms with Gasteiger partial charge in [0, 0.05) is 0 Å². The van der Waals surface area contributed by atoms with Crippen LogP contribution in [0.4, 0.5) is 5.69 Å². The van der Waals surface area contributed by atoms with E-state index in [1.54, 1.807) is 0 Å². The number of hydrogen-bond donors (Lipinski definition) is 0. The Balaban J connectivity index is 3.34. The number of amides is 2. The Bertz CT molecular complexity index is 396. The molecule has 0 aromatic heterocycles. The van der Waals surface area contributed by atoms with E-state index < -0.39 is 5.91 Å². The van der Waals surface area contributed by atoms with E-state index in [9.17, 15) is 9.59 Å². The third-order valence-corrected chi connectivity index (χ3v) is 2.92. The fraction of sp³-hybridized carbons (Fsp3) is 0.385. The lowest BCUT2D eigenvalue weighted by molar-refractivity contribution is -0.120. The van der Waals surface area contributed by atoms with Gasteiger partial charge in [0.15, 0.2) is 0 Å². The topological polar surface area (TPSA) is 37.4 Å². The molecule has 17 heavy (non-hydrogen) atoms. The molecule has 0 aliphatic rings. The summed E-state index contributed by atoms with van der Waals surface area (Å²) in [5.74, 6) is -0.586. The Morgan fingerprint density at radius 3 is 2.18 bits per heavy atom. The number of halogens is 1. The van der Waals surface area contributed by atoms with E-state index in [0.717, 1.165) is 28.9 Å². The molecule has 0 heterocycles. The number of nitrogens with zero attached hydrogens (tertiary/aromatic N) is 1. The molecular formula is C13H16ClNO2. The van der Waals surface area contributed by atoms with Crippen LogP contribution in [0, 0.1) is 0 Å². The Labute approximate surface area is 106 Å². The molecule has 0 bridgehead atoms. The van der Waals surface area contributed by atoms with Crippen LogP contribution in [-0.2, 0) is 22.4 Å². The van der Waals surface area contributed by atoms with Crippen LogP contribution >= 0.6 is 11.6 Å². The number of carbonyl (C=O) groups is 2. The predicted octanol–water partition coefficient (Wildman–Crippen LogP) is 2.54. The lowest BCUT2D eigenvalue weighted by Crippen LogP contribution is -2.32. The molecule has 1 rings (SSSR count). The van der Waals surface area contributed by atoms with Crippen LogP contribution < -0.4 is 4.90 Å². The van der Waals surface area contributed by atoms with Crippen LogP contribution in [0.2, 0.25) is 0 Å². The molecule has 0 spiro atoms. The summed E-state index contributed by atoms with van der Waals surface area (Å²) in [5.41, 5.74) is 2.66. The highest BCUT2D eigenvalue weighted by molar-refractivity contribution is 6.31. The van der Waals surface area contributed by atoms with Crippen LogP contribution in [0.5, 0.6) is 0 Å². The molecule has 0 N–H and O–H groups in total. The number of alkyl halides is 1. The first-order valence-corrected chi connectivity index (χ1v) is 6.17. The molecule has 0 fully saturated rings. The van der Waals surface area contributed by atoms with Gasteiger partial charge in [-0.15, -0.1) is 11.6 Å². The Morgan fingerprint density at radius 1 is 1.29 bits per heavy atom. The molecule has 3 nitrogen and oxygen atoms in total. The van der Waals surface area contributed by atoms with Crippen molar-refractivity contribution < 1.29 is 9.59 Å². The first-order chi connectivity index (χ1) is 8.19. The zero-order chi connectivity index (χ0) is 12.8. The summed E-state index contributed by atoms with van der Waals surface area (Å²) in [5, 5.41) is 0. The van der Waals surface area contributed by atoms with Crippen molar-refractivity contribution in [1.29, 1.82) is 0 Å². The highest BCUT2D eigenvalue weighted by Gasteiger charge is 2.19. The molecule has 92 valence electrons. The minimum Gasteiger partial charge on any atom is -0.278 e. The Morgan fingerprint density at radius 2 is 1.82 bits per heavy atom. The van der Waals surface area contributed by atoms with Crippen LogP contribution in [0.25, 0.3) is 0 Å². The van der Waals surface area contributed by atoms with Crippen molar-refractivity contribution in [3.63, 3.8) is 0 Å². The van der Waals surface area contributed by atoms with E-state index >= 15 is 0 Å². The van der Waals surface area contributed by atoms with Gasteiger partial charge in [-0.05, 0) is 24.0 Å². The van der Waals surface area contributed by atoms with Gasteiger partial charge in [-0.1, -0.05) is 32.0 Å². The van der Waals surface area contributed by atoms with Crippen LogP contribution in [-0.4, -0.2) is 18.2 Å². The molecule has 0 aliphatic carbocycles. The summed E-state index contributed by atoms with van der Waals surface area (Å²) in [7, 11) is 0. The van der Waals surface area contributed by atoms with Crippen molar-refractivity contribution in [2.75, 3.05) is 10.8 Å². The predicted molar refractivity (Wildman–Crippen MR) is 69.5 cm³/mol. The first-order valence-electron chi connectivity index (χ1n) is 5.63. The van der Waals surface area contributed by atoms with Gasteiger partial charge in [-0.3, -0.25) is 14.5 Å². The maximum Gasteiger partial charge on any atom is 0.248 e. The smallest absolute Gasteiger partial charge is 0.248 e. The van der Waals surface area contributed by atoms with Gasteiger partial charge in [0.25, 0.3) is 0 Å². The number of imide groups is 1. The molecule has 4 heteroatoms. The fourth-order valence-electron chi connectivity index (χ4n) is 1.83. The number of anilines is 1. The third-order valence-electron chi connectivity index (χ3n) is 2.69. The number of rotatable bonds is 5. The first kappa shape index (κ1) is 13.7. The number of para-hydroxylation sites is 1. The summed E-state index contributed by atoms with van der Waals surface area (Å²) in [6, 6.07) is 5.79. The number of carbonyl (C=O) groups excluding carboxylic acids is 2. The molecule has 0 unspecified atom stereocenters. The largest absolute Gasteiger partial charge is 0.278 e. The average Bonchev–Trinajstić information content (AvgIpc) is 2.39. The standard InChI is InChI=1S/C13H16ClNO2/c1-3-10-6-5-7-11(4-2)13(10)15(9-16)12(17)8-14/h5-7,9H,3-4,8H2,1-2H3. The summed E-state index contributed by atoms with van der Waals surface area (Å²) in [4.78, 5) is 23.8. The second kappa shape index (κ2) is 6.40. The van der Waals surface area contributed by atoms with E-state index in [2.05, 4.69) is 0 Å². The van der Waals surface area contributed by atoms with Crippen molar-refractivity contribution in [1.82, 2.24) is 0 Å². The van der Waals surface area contributed by atoms with Crippen molar-refractivity contribution in [3.8, 4) is 0 Å². The van der Waals surface area contributed by atoms with Crippen molar-refractivity contribution in [2.45, 2.75) is 26.7 Å². The minimum absolute atomic E-state index is 0.195. The normalized spacial score (nSPS) is 10.1. The van der Waals surface area contributed by atoms with Crippen LogP contribution in [0.1, 0.15) is 25.0 Å². The van der Waals surface area contributed by atoms with Gasteiger partial charge in [-0.25, -0.2) is 0 Å². The highest BCUT2D eigenvalue weighted by Crippen LogP contribution is 2.26. The molecule has 0 atom stereocenters. The SMILES string of the molecule is CCc1cccc(CC)c1N(C=O)C(=O)CCl. The van der Waals surface area contributed by atoms with Crippen LogP contribution in [0.3, 0.4) is 0 Å². The van der Waals surface area contributed by atoms with Crippen LogP contribution in [0.15, 0.2) is 18.2 Å². The van der Waals surface area contributed by atoms with Crippen molar-refractivity contribution >= 4 is 29.6 Å². The number of hydrogen-bond acceptors (Lipinski definition) is 2. The summed E-state index contributed by atoms with van der Waals surface area (Å²) in [6.45, 7) is 3.98. The van der Waals surface area contributed by atoms with Gasteiger partial charge in [-0.2, -0.15) is 0 Å². The van der Waals surface area contributed by atoms with E-state index in [4.69, 9.17) is 11.6 Å². The van der Waals surface area contributed by atoms with Gasteiger partial charge in [0.2, 0.25) is 12.3 Å². The summed E-state index contributed by atoms with van der Waals surface area (Å²) in [6.07, 6.45) is 2.07. The molecule has 0 saturated heterocycles. The summed E-state index contributed by atoms with van der Waals surface area (Å²) >= 11 is 5.52. The van der Waals surface area contributed by atoms with Crippen molar-refractivity contribution in [2.24, 2.45) is 0 Å². The van der Waals surface area contributed by atoms with Gasteiger partial charge < -0.3 is 0 Å². The molecule has 0 saturated carbocycles. The molecular weight excluding hydrogens is 238 g/mol. The lowest BCUT2D eigenvalue weighted by Gasteiger charge is -2.21. The minimum atomic E-state index is -0.391. The Kier molecular flexibility index (Phi) is 5.16. The second-order valence-electron chi connectivity index (χ2n) is 3.63. The molecule has 1 aromatic rings. The Hall–Kier alpha value is -1.35.